The van der Waals surface area contributed by atoms with E-state index in [1.807, 2.05) is 42.3 Å². The van der Waals surface area contributed by atoms with Crippen LogP contribution in [0, 0.1) is 10.8 Å². The first-order chi connectivity index (χ1) is 65.7. The number of unbranched alkanes of at least 4 members (excludes halogenated alkanes) is 3. The SMILES string of the molecule is CCCN.CC[N+](CC)(CC)CCOCCOCC[N+](CC)(CC)CC.C[N+](C)(C)CCC(CO)(C[N+](C)(C)C)C[N+](C)(C)C.C[N+](C)(C)CCC(C[N+](C)(C)C)(C[N+](C)(C)C)C[N+](C)(C)C.C[N+](C)(C)CCCCC[N+](C)(C)C.C[N+](C)(C)CCCC[N+](C)(C)C.C[N+](C)(C)CCC[N+](C)(C)C.C[N+](C)(C)CCOCCOCC[N+](C)(C)C.C[N+](C)(C)CCS(=O)(=O)CCS(=O)(=O)CC[N+](C)(C)C.C[N+](C)(C)CC[N+](C)(C)C. The van der Waals surface area contributed by atoms with Crippen LogP contribution in [0.1, 0.15) is 106 Å². The lowest BCUT2D eigenvalue weighted by Gasteiger charge is -2.45. The average Bonchev–Trinajstić information content (AvgIpc) is 0.792. The largest absolute Gasteiger partial charge is 0.395 e. The van der Waals surface area contributed by atoms with Gasteiger partial charge < -0.3 is 124 Å². The molecule has 0 fully saturated rings. The van der Waals surface area contributed by atoms with Crippen molar-refractivity contribution in [2.45, 2.75) is 106 Å². The van der Waals surface area contributed by atoms with Crippen molar-refractivity contribution in [1.82, 2.24) is 0 Å². The van der Waals surface area contributed by atoms with Crippen LogP contribution in [-0.4, -0.2) is 784 Å². The lowest BCUT2D eigenvalue weighted by atomic mass is 9.80. The van der Waals surface area contributed by atoms with Gasteiger partial charge >= 0.3 is 0 Å². The van der Waals surface area contributed by atoms with E-state index in [0.29, 0.717) is 40.7 Å². The number of rotatable bonds is 69. The van der Waals surface area contributed by atoms with E-state index >= 15 is 0 Å². The van der Waals surface area contributed by atoms with Crippen LogP contribution in [-0.2, 0) is 38.6 Å². The molecule has 0 aromatic carbocycles. The number of quaternary nitrogens is 21. The van der Waals surface area contributed by atoms with Crippen LogP contribution in [0.25, 0.3) is 0 Å². The van der Waals surface area contributed by atoms with Crippen LogP contribution in [0.5, 0.6) is 0 Å². The lowest BCUT2D eigenvalue weighted by Crippen LogP contribution is -2.60. The van der Waals surface area contributed by atoms with E-state index in [4.69, 9.17) is 24.7 Å². The van der Waals surface area contributed by atoms with Crippen molar-refractivity contribution in [3.05, 3.63) is 0 Å². The smallest absolute Gasteiger partial charge is 0.156 e. The fourth-order valence-electron chi connectivity index (χ4n) is 16.5. The van der Waals surface area contributed by atoms with Crippen LogP contribution in [0.2, 0.25) is 0 Å². The first kappa shape index (κ1) is 168. The summed E-state index contributed by atoms with van der Waals surface area (Å²) < 4.78 is 90.8. The van der Waals surface area contributed by atoms with Crippen LogP contribution in [0.3, 0.4) is 0 Å². The van der Waals surface area contributed by atoms with Gasteiger partial charge in [-0.1, -0.05) is 6.92 Å². The maximum absolute atomic E-state index is 11.8. The van der Waals surface area contributed by atoms with E-state index < -0.39 is 19.7 Å². The Morgan fingerprint density at radius 1 is 0.195 bits per heavy atom. The maximum Gasteiger partial charge on any atom is 0.156 e. The summed E-state index contributed by atoms with van der Waals surface area (Å²) in [5.74, 6) is -0.484. The maximum atomic E-state index is 11.8. The highest BCUT2D eigenvalue weighted by atomic mass is 32.2. The molecule has 0 aromatic heterocycles. The Kier molecular flexibility index (Phi) is 85.4. The van der Waals surface area contributed by atoms with Gasteiger partial charge in [0.2, 0.25) is 0 Å². The summed E-state index contributed by atoms with van der Waals surface area (Å²) >= 11 is 0. The minimum absolute atomic E-state index is 0.00201. The van der Waals surface area contributed by atoms with Gasteiger partial charge in [0.15, 0.2) is 19.7 Å². The van der Waals surface area contributed by atoms with E-state index in [2.05, 4.69) is 408 Å². The summed E-state index contributed by atoms with van der Waals surface area (Å²) in [6.07, 6.45) is 11.6. The molecule has 0 bridgehead atoms. The van der Waals surface area contributed by atoms with Crippen molar-refractivity contribution in [2.24, 2.45) is 16.6 Å². The Morgan fingerprint density at radius 2 is 0.362 bits per heavy atom. The van der Waals surface area contributed by atoms with Gasteiger partial charge in [0.1, 0.15) is 44.7 Å². The van der Waals surface area contributed by atoms with Crippen LogP contribution < -0.4 is 5.73 Å². The molecule has 0 atom stereocenters. The number of likely N-dealkylation sites (N-methyl/N-ethyl adjacent to an activating group) is 6. The highest BCUT2D eigenvalue weighted by Crippen LogP contribution is 2.32. The number of hydrogen-bond acceptors (Lipinski definition) is 10. The van der Waals surface area contributed by atoms with Crippen LogP contribution >= 0.6 is 0 Å². The second-order valence-electron chi connectivity index (χ2n) is 63.8. The lowest BCUT2D eigenvalue weighted by molar-refractivity contribution is -0.928. The Labute approximate surface area is 939 Å². The van der Waals surface area contributed by atoms with Crippen LogP contribution in [0.15, 0.2) is 0 Å². The number of aliphatic hydroxyl groups is 1. The molecule has 914 valence electrons. The molecular formula is C116H295N22O9S2+21. The van der Waals surface area contributed by atoms with E-state index in [0.717, 1.165) is 190 Å². The average molecular weight is 2210 g/mol. The van der Waals surface area contributed by atoms with Crippen molar-refractivity contribution in [1.29, 1.82) is 0 Å². The first-order valence-corrected chi connectivity index (χ1v) is 61.3. The predicted octanol–water partition coefficient (Wildman–Crippen LogP) is 8.39. The van der Waals surface area contributed by atoms with E-state index in [-0.39, 0.29) is 35.0 Å². The highest BCUT2D eigenvalue weighted by Gasteiger charge is 2.47. The fraction of sp³-hybridized carbons (Fsp3) is 1.00. The summed E-state index contributed by atoms with van der Waals surface area (Å²) in [7, 11) is 120. The number of aliphatic hydroxyl groups excluding tert-OH is 1. The first-order valence-electron chi connectivity index (χ1n) is 57.7. The molecule has 0 aromatic rings. The Morgan fingerprint density at radius 3 is 0.530 bits per heavy atom. The standard InChI is InChI=1S/C18H46N4.C18H42N2O2.C15H38N3O.C12H30N2O4S2.C12H30N2O2.C11H28N2.C10H26N2.C9H24N2.C8H22N2.C3H9N/c1-19(2,3)14-13-18(15-20(4,5)6,16-21(7,8)9)17-22(10,11)12;1-7-19(8-2,9-3)13-15-21-17-18-22-16-14-20(10-4,11-5)12-6;1-16(2,3)11-10-15(14-19,12-17(4,5)6)13-18(7,8)9;1-13(2,3)7-9-19(15,16)11-12-20(17,18)10-8-14(4,5)6;1-13(2,3)7-9-15-11-12-16-10-8-14(4,5)6;1-12(2,3)10-8-7-9-11-13(4,5)6;1-11(2,3)9-7-8-10-12(4,5)6;1-10(2,3)8-7-9-11(4,5)6;1-9(2,3)7-8-10(4,5)6;1-2-3-4/h13-17H2,1-12H3;7-18H2,1-6H3;19H,10-14H2,1-9H3;7-12H2,1-6H3;7-12H2,1-6H3;7-11H2,1-6H3;7-10H2,1-6H3;7-9H2,1-6H3;7-8H2,1-6H3;2-4H2,1H3/q+4;+2;+3;6*+2;. The minimum atomic E-state index is -3.30. The third-order valence-corrected chi connectivity index (χ3v) is 28.8. The normalized spacial score (nSPS) is 13.8. The van der Waals surface area contributed by atoms with E-state index in [9.17, 15) is 21.9 Å². The van der Waals surface area contributed by atoms with Gasteiger partial charge in [-0.3, -0.25) is 0 Å². The Balaban J connectivity index is -0.000000183. The van der Waals surface area contributed by atoms with Crippen molar-refractivity contribution in [3.63, 3.8) is 0 Å². The van der Waals surface area contributed by atoms with Gasteiger partial charge in [-0.25, -0.2) is 16.8 Å². The van der Waals surface area contributed by atoms with E-state index in [1.165, 1.54) is 163 Å². The molecule has 33 heteroatoms. The summed E-state index contributed by atoms with van der Waals surface area (Å²) in [4.78, 5) is 0. The number of ether oxygens (including phenoxy) is 4. The highest BCUT2D eigenvalue weighted by molar-refractivity contribution is 7.95. The monoisotopic (exact) mass is 2210 g/mol. The zero-order valence-corrected chi connectivity index (χ0v) is 116. The zero-order chi connectivity index (χ0) is 121. The van der Waals surface area contributed by atoms with Gasteiger partial charge in [0.25, 0.3) is 0 Å². The molecule has 0 radical (unpaired) electrons. The molecule has 31 nitrogen and oxygen atoms in total. The Hall–Kier alpha value is -1.18. The third-order valence-electron chi connectivity index (χ3n) is 25.3. The second kappa shape index (κ2) is 75.9. The van der Waals surface area contributed by atoms with E-state index in [1.54, 1.807) is 0 Å². The molecular weight excluding hydrogens is 1910 g/mol. The molecule has 0 amide bonds. The summed E-state index contributed by atoms with van der Waals surface area (Å²) in [5, 5.41) is 10.1. The van der Waals surface area contributed by atoms with Gasteiger partial charge in [0, 0.05) is 32.1 Å². The summed E-state index contributed by atoms with van der Waals surface area (Å²) in [5.41, 5.74) is 5.39. The van der Waals surface area contributed by atoms with Gasteiger partial charge in [-0.05, 0) is 73.8 Å². The molecule has 0 saturated heterocycles. The molecule has 0 aliphatic heterocycles. The van der Waals surface area contributed by atoms with Gasteiger partial charge in [-0.2, -0.15) is 0 Å². The molecule has 0 aliphatic carbocycles. The molecule has 0 rings (SSSR count). The number of nitrogens with two attached hydrogens (primary N) is 1. The third kappa shape index (κ3) is 145. The van der Waals surface area contributed by atoms with Crippen molar-refractivity contribution < 1.29 is 135 Å². The van der Waals surface area contributed by atoms with Gasteiger partial charge in [0.05, 0.1) is 627 Å². The van der Waals surface area contributed by atoms with Crippen molar-refractivity contribution >= 4 is 19.7 Å². The van der Waals surface area contributed by atoms with Gasteiger partial charge in [-0.15, -0.1) is 0 Å². The van der Waals surface area contributed by atoms with Crippen LogP contribution in [0.4, 0.5) is 0 Å². The van der Waals surface area contributed by atoms with Crippen molar-refractivity contribution in [3.8, 4) is 0 Å². The van der Waals surface area contributed by atoms with Crippen molar-refractivity contribution in [2.75, 3.05) is 667 Å². The molecule has 0 heterocycles. The quantitative estimate of drug-likeness (QED) is 0.0449. The molecule has 3 N–H and O–H groups in total. The number of hydrogen-bond donors (Lipinski definition) is 2. The molecule has 0 saturated carbocycles. The predicted molar refractivity (Wildman–Crippen MR) is 657 cm³/mol. The molecule has 149 heavy (non-hydrogen) atoms. The molecule has 0 unspecified atom stereocenters. The summed E-state index contributed by atoms with van der Waals surface area (Å²) in [6.45, 7) is 53.7. The topological polar surface area (TPSA) is 151 Å². The summed E-state index contributed by atoms with van der Waals surface area (Å²) in [6, 6.07) is 0. The Bertz CT molecular complexity index is 3130. The number of nitrogens with zero attached hydrogens (tertiary/aromatic N) is 21. The fourth-order valence-corrected chi connectivity index (χ4v) is 20.6. The number of sulfone groups is 2. The zero-order valence-electron chi connectivity index (χ0n) is 115. The molecule has 0 aliphatic rings. The second-order valence-corrected chi connectivity index (χ2v) is 68.4. The molecule has 0 spiro atoms. The minimum Gasteiger partial charge on any atom is -0.395 e.